The highest BCUT2D eigenvalue weighted by Crippen LogP contribution is 2.22. The third-order valence-electron chi connectivity index (χ3n) is 3.67. The number of aryl methyl sites for hydroxylation is 1. The maximum absolute atomic E-state index is 13.6. The van der Waals surface area contributed by atoms with Crippen molar-refractivity contribution in [1.29, 1.82) is 0 Å². The summed E-state index contributed by atoms with van der Waals surface area (Å²) in [4.78, 5) is 16.6. The molecule has 0 bridgehead atoms. The highest BCUT2D eigenvalue weighted by molar-refractivity contribution is 5.94. The van der Waals surface area contributed by atoms with Crippen molar-refractivity contribution >= 4 is 11.6 Å². The summed E-state index contributed by atoms with van der Waals surface area (Å²) in [5.74, 6) is -0.245. The van der Waals surface area contributed by atoms with Crippen LogP contribution in [0.15, 0.2) is 24.4 Å². The van der Waals surface area contributed by atoms with Gasteiger partial charge in [0.15, 0.2) is 0 Å². The van der Waals surface area contributed by atoms with Crippen molar-refractivity contribution in [3.63, 3.8) is 0 Å². The molecular weight excluding hydrogens is 245 g/mol. The van der Waals surface area contributed by atoms with Crippen LogP contribution in [-0.2, 0) is 0 Å². The number of nitrogens with zero attached hydrogens (tertiary/aromatic N) is 2. The van der Waals surface area contributed by atoms with Crippen LogP contribution < -0.4 is 5.32 Å². The number of hydrogen-bond acceptors (Lipinski definition) is 2. The average molecular weight is 261 g/mol. The second kappa shape index (κ2) is 4.64. The molecule has 1 amide bonds. The van der Waals surface area contributed by atoms with Crippen molar-refractivity contribution < 1.29 is 9.18 Å². The second-order valence-electron chi connectivity index (χ2n) is 5.00. The summed E-state index contributed by atoms with van der Waals surface area (Å²) >= 11 is 0. The number of halogens is 1. The number of pyridine rings is 1. The number of alkyl halides is 1. The van der Waals surface area contributed by atoms with Crippen molar-refractivity contribution in [1.82, 2.24) is 14.7 Å². The maximum Gasteiger partial charge on any atom is 0.270 e. The molecule has 2 atom stereocenters. The fourth-order valence-corrected chi connectivity index (χ4v) is 2.70. The Balaban J connectivity index is 1.91. The summed E-state index contributed by atoms with van der Waals surface area (Å²) in [5, 5.41) is 2.79. The van der Waals surface area contributed by atoms with Gasteiger partial charge in [0.25, 0.3) is 5.91 Å². The fourth-order valence-electron chi connectivity index (χ4n) is 2.70. The van der Waals surface area contributed by atoms with E-state index in [0.29, 0.717) is 24.2 Å². The first-order chi connectivity index (χ1) is 9.16. The molecule has 1 N–H and O–H groups in total. The Labute approximate surface area is 110 Å². The summed E-state index contributed by atoms with van der Waals surface area (Å²) < 4.78 is 15.3. The molecular formula is C14H16FN3O. The summed E-state index contributed by atoms with van der Waals surface area (Å²) in [6.45, 7) is 1.80. The first-order valence-electron chi connectivity index (χ1n) is 6.55. The van der Waals surface area contributed by atoms with Gasteiger partial charge in [-0.1, -0.05) is 6.07 Å². The normalized spacial score (nSPS) is 22.8. The largest absolute Gasteiger partial charge is 0.345 e. The van der Waals surface area contributed by atoms with Crippen LogP contribution in [0.5, 0.6) is 0 Å². The number of rotatable bonds is 2. The Kier molecular flexibility index (Phi) is 2.97. The highest BCUT2D eigenvalue weighted by Gasteiger charge is 2.29. The van der Waals surface area contributed by atoms with Gasteiger partial charge in [-0.3, -0.25) is 9.20 Å². The Morgan fingerprint density at radius 2 is 2.32 bits per heavy atom. The summed E-state index contributed by atoms with van der Waals surface area (Å²) in [6, 6.07) is 5.20. The van der Waals surface area contributed by atoms with Crippen molar-refractivity contribution in [2.24, 2.45) is 0 Å². The molecule has 3 rings (SSSR count). The number of carbonyl (C=O) groups is 1. The van der Waals surface area contributed by atoms with E-state index in [0.717, 1.165) is 12.1 Å². The van der Waals surface area contributed by atoms with Crippen LogP contribution in [0.1, 0.15) is 35.4 Å². The van der Waals surface area contributed by atoms with E-state index in [9.17, 15) is 9.18 Å². The van der Waals surface area contributed by atoms with Gasteiger partial charge >= 0.3 is 0 Å². The summed E-state index contributed by atoms with van der Waals surface area (Å²) in [5.41, 5.74) is 1.89. The quantitative estimate of drug-likeness (QED) is 0.901. The number of fused-ring (bicyclic) bond motifs is 1. The van der Waals surface area contributed by atoms with E-state index in [2.05, 4.69) is 10.3 Å². The Hall–Kier alpha value is -1.91. The molecule has 2 unspecified atom stereocenters. The second-order valence-corrected chi connectivity index (χ2v) is 5.00. The minimum Gasteiger partial charge on any atom is -0.345 e. The van der Waals surface area contributed by atoms with Crippen molar-refractivity contribution in [2.45, 2.75) is 38.4 Å². The van der Waals surface area contributed by atoms with E-state index in [4.69, 9.17) is 0 Å². The van der Waals surface area contributed by atoms with Crippen LogP contribution in [0, 0.1) is 6.92 Å². The van der Waals surface area contributed by atoms with E-state index in [1.807, 2.05) is 18.2 Å². The van der Waals surface area contributed by atoms with E-state index >= 15 is 0 Å². The Morgan fingerprint density at radius 3 is 3.05 bits per heavy atom. The Bertz CT molecular complexity index is 622. The first kappa shape index (κ1) is 12.1. The highest BCUT2D eigenvalue weighted by atomic mass is 19.1. The molecule has 0 saturated heterocycles. The molecule has 2 heterocycles. The SMILES string of the molecule is Cc1nc2ccccn2c1C(=O)NC1CCCC1F. The number of imidazole rings is 1. The molecule has 1 saturated carbocycles. The van der Waals surface area contributed by atoms with Gasteiger partial charge < -0.3 is 5.32 Å². The minimum absolute atomic E-state index is 0.245. The molecule has 1 aliphatic carbocycles. The third-order valence-corrected chi connectivity index (χ3v) is 3.67. The van der Waals surface area contributed by atoms with Crippen LogP contribution in [0.4, 0.5) is 4.39 Å². The van der Waals surface area contributed by atoms with Gasteiger partial charge in [0.1, 0.15) is 17.5 Å². The number of nitrogens with one attached hydrogen (secondary N) is 1. The van der Waals surface area contributed by atoms with Crippen LogP contribution in [0.2, 0.25) is 0 Å². The number of hydrogen-bond donors (Lipinski definition) is 1. The van der Waals surface area contributed by atoms with Gasteiger partial charge in [-0.25, -0.2) is 9.37 Å². The van der Waals surface area contributed by atoms with Gasteiger partial charge in [0.05, 0.1) is 11.7 Å². The molecule has 5 heteroatoms. The lowest BCUT2D eigenvalue weighted by molar-refractivity contribution is 0.0912. The number of carbonyl (C=O) groups excluding carboxylic acids is 1. The predicted molar refractivity (Wildman–Crippen MR) is 69.9 cm³/mol. The molecule has 0 aliphatic heterocycles. The molecule has 0 radical (unpaired) electrons. The molecule has 0 spiro atoms. The van der Waals surface area contributed by atoms with Crippen LogP contribution in [0.3, 0.4) is 0 Å². The zero-order valence-electron chi connectivity index (χ0n) is 10.8. The third kappa shape index (κ3) is 2.09. The van der Waals surface area contributed by atoms with Crippen LogP contribution in [0.25, 0.3) is 5.65 Å². The molecule has 1 aliphatic rings. The lowest BCUT2D eigenvalue weighted by Gasteiger charge is -2.14. The van der Waals surface area contributed by atoms with E-state index in [1.54, 1.807) is 17.5 Å². The monoisotopic (exact) mass is 261 g/mol. The van der Waals surface area contributed by atoms with Gasteiger partial charge in [0, 0.05) is 6.20 Å². The lowest BCUT2D eigenvalue weighted by atomic mass is 10.2. The average Bonchev–Trinajstić information content (AvgIpc) is 2.92. The zero-order chi connectivity index (χ0) is 13.4. The van der Waals surface area contributed by atoms with E-state index in [-0.39, 0.29) is 11.9 Å². The van der Waals surface area contributed by atoms with Crippen molar-refractivity contribution in [3.05, 3.63) is 35.8 Å². The fraction of sp³-hybridized carbons (Fsp3) is 0.429. The lowest BCUT2D eigenvalue weighted by Crippen LogP contribution is -2.39. The standard InChI is InChI=1S/C14H16FN3O/c1-9-13(18-8-3-2-7-12(18)16-9)14(19)17-11-6-4-5-10(11)15/h2-3,7-8,10-11H,4-6H2,1H3,(H,17,19). The van der Waals surface area contributed by atoms with E-state index in [1.165, 1.54) is 0 Å². The Morgan fingerprint density at radius 1 is 1.47 bits per heavy atom. The van der Waals surface area contributed by atoms with Crippen LogP contribution >= 0.6 is 0 Å². The van der Waals surface area contributed by atoms with Gasteiger partial charge in [-0.2, -0.15) is 0 Å². The molecule has 2 aromatic heterocycles. The molecule has 4 nitrogen and oxygen atoms in total. The summed E-state index contributed by atoms with van der Waals surface area (Å²) in [7, 11) is 0. The maximum atomic E-state index is 13.6. The molecule has 100 valence electrons. The first-order valence-corrected chi connectivity index (χ1v) is 6.55. The van der Waals surface area contributed by atoms with Crippen molar-refractivity contribution in [2.75, 3.05) is 0 Å². The minimum atomic E-state index is -0.927. The number of aromatic nitrogens is 2. The topological polar surface area (TPSA) is 46.4 Å². The van der Waals surface area contributed by atoms with Gasteiger partial charge in [-0.05, 0) is 38.3 Å². The smallest absolute Gasteiger partial charge is 0.270 e. The molecule has 1 fully saturated rings. The van der Waals surface area contributed by atoms with Crippen LogP contribution in [-0.4, -0.2) is 27.5 Å². The molecule has 19 heavy (non-hydrogen) atoms. The predicted octanol–water partition coefficient (Wildman–Crippen LogP) is 2.26. The number of amides is 1. The van der Waals surface area contributed by atoms with Gasteiger partial charge in [-0.15, -0.1) is 0 Å². The molecule has 0 aromatic carbocycles. The molecule has 2 aromatic rings. The summed E-state index contributed by atoms with van der Waals surface area (Å²) in [6.07, 6.45) is 2.95. The van der Waals surface area contributed by atoms with E-state index < -0.39 is 6.17 Å². The van der Waals surface area contributed by atoms with Crippen molar-refractivity contribution in [3.8, 4) is 0 Å². The van der Waals surface area contributed by atoms with Gasteiger partial charge in [0.2, 0.25) is 0 Å². The zero-order valence-corrected chi connectivity index (χ0v) is 10.8.